The Bertz CT molecular complexity index is 1410. The van der Waals surface area contributed by atoms with Crippen molar-refractivity contribution in [1.82, 2.24) is 19.8 Å². The fourth-order valence-corrected chi connectivity index (χ4v) is 5.86. The number of amides is 2. The maximum Gasteiger partial charge on any atom is 0.255 e. The van der Waals surface area contributed by atoms with Gasteiger partial charge in [0.05, 0.1) is 24.3 Å². The first-order valence-corrected chi connectivity index (χ1v) is 13.7. The van der Waals surface area contributed by atoms with Crippen LogP contribution in [0, 0.1) is 13.8 Å². The number of aryl methyl sites for hydroxylation is 2. The largest absolute Gasteiger partial charge is 0.454 e. The highest BCUT2D eigenvalue weighted by Gasteiger charge is 2.38. The molecule has 2 aromatic carbocycles. The molecule has 0 radical (unpaired) electrons. The van der Waals surface area contributed by atoms with Crippen molar-refractivity contribution in [2.24, 2.45) is 5.73 Å². The number of aromatic nitrogens is 2. The maximum absolute atomic E-state index is 14.0. The van der Waals surface area contributed by atoms with Gasteiger partial charge in [-0.1, -0.05) is 23.8 Å². The third-order valence-electron chi connectivity index (χ3n) is 8.26. The van der Waals surface area contributed by atoms with E-state index >= 15 is 0 Å². The Morgan fingerprint density at radius 1 is 1.05 bits per heavy atom. The fraction of sp³-hybridized carbons (Fsp3) is 0.433. The van der Waals surface area contributed by atoms with Gasteiger partial charge in [-0.25, -0.2) is 4.98 Å². The van der Waals surface area contributed by atoms with E-state index in [4.69, 9.17) is 20.2 Å². The van der Waals surface area contributed by atoms with E-state index in [1.54, 1.807) is 23.1 Å². The first kappa shape index (κ1) is 25.4. The SMILES string of the molecule is Cc1ccc(C)c(Cn2cnc3c2CN(C(=O)c2ccc4c(c2)OCO4)C(C(=O)NC2CCC(N)CC2)C3)c1. The van der Waals surface area contributed by atoms with Crippen LogP contribution >= 0.6 is 0 Å². The Hall–Kier alpha value is -3.85. The Morgan fingerprint density at radius 3 is 2.67 bits per heavy atom. The second-order valence-electron chi connectivity index (χ2n) is 11.0. The zero-order valence-corrected chi connectivity index (χ0v) is 22.5. The monoisotopic (exact) mass is 529 g/mol. The summed E-state index contributed by atoms with van der Waals surface area (Å²) in [4.78, 5) is 34.0. The number of carbonyl (C=O) groups is 2. The number of hydrogen-bond donors (Lipinski definition) is 2. The third kappa shape index (κ3) is 5.11. The first-order valence-electron chi connectivity index (χ1n) is 13.7. The predicted octanol–water partition coefficient (Wildman–Crippen LogP) is 3.23. The average Bonchev–Trinajstić information content (AvgIpc) is 3.57. The highest BCUT2D eigenvalue weighted by Crippen LogP contribution is 2.34. The van der Waals surface area contributed by atoms with E-state index in [1.165, 1.54) is 16.7 Å². The standard InChI is InChI=1S/C30H35N5O4/c1-18-3-4-19(2)21(11-18)14-34-16-32-24-13-25(29(36)33-23-8-6-22(31)7-9-23)35(15-26(24)34)30(37)20-5-10-27-28(12-20)39-17-38-27/h3-5,10-12,16,22-23,25H,6-9,13-15,17,31H2,1-2H3,(H,33,36). The van der Waals surface area contributed by atoms with E-state index in [0.29, 0.717) is 36.6 Å². The van der Waals surface area contributed by atoms with Gasteiger partial charge in [0, 0.05) is 30.6 Å². The quantitative estimate of drug-likeness (QED) is 0.525. The minimum atomic E-state index is -0.657. The van der Waals surface area contributed by atoms with Gasteiger partial charge < -0.3 is 30.0 Å². The molecule has 3 N–H and O–H groups in total. The molecular formula is C30H35N5O4. The smallest absolute Gasteiger partial charge is 0.255 e. The Labute approximate surface area is 228 Å². The van der Waals surface area contributed by atoms with Gasteiger partial charge >= 0.3 is 0 Å². The van der Waals surface area contributed by atoms with Gasteiger partial charge in [0.25, 0.3) is 5.91 Å². The highest BCUT2D eigenvalue weighted by molar-refractivity contribution is 5.98. The molecule has 1 aliphatic carbocycles. The Kier molecular flexibility index (Phi) is 6.76. The zero-order valence-electron chi connectivity index (χ0n) is 22.5. The summed E-state index contributed by atoms with van der Waals surface area (Å²) in [5.74, 6) is 0.797. The number of nitrogens with zero attached hydrogens (tertiary/aromatic N) is 3. The van der Waals surface area contributed by atoms with Crippen LogP contribution in [-0.2, 0) is 24.3 Å². The van der Waals surface area contributed by atoms with Crippen LogP contribution < -0.4 is 20.5 Å². The van der Waals surface area contributed by atoms with Crippen molar-refractivity contribution in [3.05, 3.63) is 76.4 Å². The number of imidazole rings is 1. The van der Waals surface area contributed by atoms with Crippen LogP contribution in [0.2, 0.25) is 0 Å². The van der Waals surface area contributed by atoms with Gasteiger partial charge in [-0.3, -0.25) is 9.59 Å². The van der Waals surface area contributed by atoms with Gasteiger partial charge in [-0.2, -0.15) is 0 Å². The molecule has 0 bridgehead atoms. The molecule has 1 unspecified atom stereocenters. The second-order valence-corrected chi connectivity index (χ2v) is 11.0. The molecule has 3 aliphatic rings. The molecule has 6 rings (SSSR count). The van der Waals surface area contributed by atoms with Gasteiger partial charge in [-0.05, 0) is 68.9 Å². The molecule has 39 heavy (non-hydrogen) atoms. The van der Waals surface area contributed by atoms with E-state index in [2.05, 4.69) is 41.9 Å². The zero-order chi connectivity index (χ0) is 27.1. The molecule has 0 spiro atoms. The summed E-state index contributed by atoms with van der Waals surface area (Å²) in [6, 6.07) is 11.2. The van der Waals surface area contributed by atoms with Crippen LogP contribution in [0.3, 0.4) is 0 Å². The average molecular weight is 530 g/mol. The first-order chi connectivity index (χ1) is 18.9. The van der Waals surface area contributed by atoms with Crippen molar-refractivity contribution < 1.29 is 19.1 Å². The predicted molar refractivity (Wildman–Crippen MR) is 146 cm³/mol. The molecule has 1 saturated carbocycles. The Balaban J connectivity index is 1.30. The summed E-state index contributed by atoms with van der Waals surface area (Å²) in [5, 5.41) is 3.21. The molecule has 2 aliphatic heterocycles. The molecule has 204 valence electrons. The van der Waals surface area contributed by atoms with Crippen LogP contribution in [0.25, 0.3) is 0 Å². The molecule has 3 aromatic rings. The number of carbonyl (C=O) groups excluding carboxylic acids is 2. The molecule has 0 saturated heterocycles. The van der Waals surface area contributed by atoms with E-state index in [0.717, 1.165) is 37.1 Å². The molecule has 9 nitrogen and oxygen atoms in total. The number of ether oxygens (including phenoxy) is 2. The van der Waals surface area contributed by atoms with Crippen LogP contribution in [0.1, 0.15) is 64.1 Å². The lowest BCUT2D eigenvalue weighted by molar-refractivity contribution is -0.127. The van der Waals surface area contributed by atoms with Crippen molar-refractivity contribution in [2.45, 2.75) is 77.2 Å². The lowest BCUT2D eigenvalue weighted by Gasteiger charge is -2.36. The summed E-state index contributed by atoms with van der Waals surface area (Å²) < 4.78 is 13.0. The molecular weight excluding hydrogens is 494 g/mol. The summed E-state index contributed by atoms with van der Waals surface area (Å²) in [7, 11) is 0. The number of fused-ring (bicyclic) bond motifs is 2. The number of nitrogens with two attached hydrogens (primary N) is 1. The van der Waals surface area contributed by atoms with Crippen molar-refractivity contribution in [2.75, 3.05) is 6.79 Å². The lowest BCUT2D eigenvalue weighted by Crippen LogP contribution is -2.55. The molecule has 1 fully saturated rings. The van der Waals surface area contributed by atoms with Crippen molar-refractivity contribution >= 4 is 11.8 Å². The summed E-state index contributed by atoms with van der Waals surface area (Å²) in [5.41, 5.74) is 12.0. The van der Waals surface area contributed by atoms with Crippen LogP contribution in [0.15, 0.2) is 42.7 Å². The highest BCUT2D eigenvalue weighted by atomic mass is 16.7. The van der Waals surface area contributed by atoms with Crippen molar-refractivity contribution in [3.63, 3.8) is 0 Å². The third-order valence-corrected chi connectivity index (χ3v) is 8.26. The van der Waals surface area contributed by atoms with E-state index < -0.39 is 6.04 Å². The van der Waals surface area contributed by atoms with E-state index in [1.807, 2.05) is 6.33 Å². The van der Waals surface area contributed by atoms with Gasteiger partial charge in [-0.15, -0.1) is 0 Å². The minimum absolute atomic E-state index is 0.0723. The van der Waals surface area contributed by atoms with Crippen LogP contribution in [0.4, 0.5) is 0 Å². The number of hydrogen-bond acceptors (Lipinski definition) is 6. The Morgan fingerprint density at radius 2 is 1.85 bits per heavy atom. The maximum atomic E-state index is 14.0. The normalized spacial score (nSPS) is 21.9. The summed E-state index contributed by atoms with van der Waals surface area (Å²) in [6.45, 7) is 5.27. The van der Waals surface area contributed by atoms with Crippen molar-refractivity contribution in [3.8, 4) is 11.5 Å². The topological polar surface area (TPSA) is 112 Å². The number of nitrogens with one attached hydrogen (secondary N) is 1. The van der Waals surface area contributed by atoms with Crippen LogP contribution in [-0.4, -0.2) is 51.2 Å². The molecule has 1 aromatic heterocycles. The number of rotatable bonds is 5. The molecule has 2 amide bonds. The summed E-state index contributed by atoms with van der Waals surface area (Å²) >= 11 is 0. The van der Waals surface area contributed by atoms with Gasteiger partial charge in [0.15, 0.2) is 11.5 Å². The van der Waals surface area contributed by atoms with Crippen molar-refractivity contribution in [1.29, 1.82) is 0 Å². The van der Waals surface area contributed by atoms with E-state index in [9.17, 15) is 9.59 Å². The molecule has 3 heterocycles. The van der Waals surface area contributed by atoms with E-state index in [-0.39, 0.29) is 30.7 Å². The summed E-state index contributed by atoms with van der Waals surface area (Å²) in [6.07, 6.45) is 5.68. The van der Waals surface area contributed by atoms with Crippen LogP contribution in [0.5, 0.6) is 11.5 Å². The molecule has 9 heteroatoms. The second kappa shape index (κ2) is 10.4. The fourth-order valence-electron chi connectivity index (χ4n) is 5.86. The minimum Gasteiger partial charge on any atom is -0.454 e. The lowest BCUT2D eigenvalue weighted by atomic mass is 9.91. The van der Waals surface area contributed by atoms with Gasteiger partial charge in [0.1, 0.15) is 6.04 Å². The number of benzene rings is 2. The van der Waals surface area contributed by atoms with Gasteiger partial charge in [0.2, 0.25) is 12.7 Å². The molecule has 1 atom stereocenters.